The van der Waals surface area contributed by atoms with E-state index in [0.717, 1.165) is 16.7 Å². The molecule has 176 valence electrons. The van der Waals surface area contributed by atoms with E-state index in [4.69, 9.17) is 21.1 Å². The minimum Gasteiger partial charge on any atom is -0.493 e. The minimum absolute atomic E-state index is 0.107. The van der Waals surface area contributed by atoms with Crippen LogP contribution in [-0.2, 0) is 24.1 Å². The Balaban J connectivity index is 1.53. The maximum Gasteiger partial charge on any atom is 0.310 e. The van der Waals surface area contributed by atoms with E-state index in [-0.39, 0.29) is 12.2 Å². The highest BCUT2D eigenvalue weighted by molar-refractivity contribution is 9.10. The summed E-state index contributed by atoms with van der Waals surface area (Å²) in [7, 11) is 1.53. The van der Waals surface area contributed by atoms with Gasteiger partial charge in [-0.2, -0.15) is 0 Å². The molecule has 0 heterocycles. The SMILES string of the molecule is COc1cc(Br)c(C(=O)CC2(C(=O)O)Cc3ccccc3C2)cc1OCCc1cccc(Cl)c1. The van der Waals surface area contributed by atoms with Gasteiger partial charge in [-0.15, -0.1) is 0 Å². The van der Waals surface area contributed by atoms with Crippen LogP contribution < -0.4 is 9.47 Å². The molecular formula is C27H24BrClO5. The molecule has 1 aliphatic rings. The molecule has 1 aliphatic carbocycles. The fraction of sp³-hybridized carbons (Fsp3) is 0.259. The number of hydrogen-bond acceptors (Lipinski definition) is 4. The van der Waals surface area contributed by atoms with E-state index in [2.05, 4.69) is 15.9 Å². The Morgan fingerprint density at radius 2 is 1.74 bits per heavy atom. The van der Waals surface area contributed by atoms with E-state index >= 15 is 0 Å². The summed E-state index contributed by atoms with van der Waals surface area (Å²) in [5, 5.41) is 10.7. The lowest BCUT2D eigenvalue weighted by molar-refractivity contribution is -0.148. The van der Waals surface area contributed by atoms with Crippen molar-refractivity contribution in [3.8, 4) is 11.5 Å². The van der Waals surface area contributed by atoms with Crippen molar-refractivity contribution < 1.29 is 24.2 Å². The molecule has 0 unspecified atom stereocenters. The zero-order valence-electron chi connectivity index (χ0n) is 18.6. The van der Waals surface area contributed by atoms with Crippen LogP contribution >= 0.6 is 27.5 Å². The quantitative estimate of drug-likeness (QED) is 0.327. The Hall–Kier alpha value is -2.83. The molecule has 0 saturated carbocycles. The van der Waals surface area contributed by atoms with Crippen LogP contribution in [-0.4, -0.2) is 30.6 Å². The first-order valence-electron chi connectivity index (χ1n) is 10.9. The maximum atomic E-state index is 13.4. The number of halogens is 2. The van der Waals surface area contributed by atoms with Crippen LogP contribution in [0.5, 0.6) is 11.5 Å². The van der Waals surface area contributed by atoms with E-state index in [9.17, 15) is 14.7 Å². The van der Waals surface area contributed by atoms with Crippen molar-refractivity contribution in [2.45, 2.75) is 25.7 Å². The molecule has 0 amide bonds. The average molecular weight is 544 g/mol. The number of aliphatic carboxylic acids is 1. The van der Waals surface area contributed by atoms with Crippen LogP contribution in [0.2, 0.25) is 5.02 Å². The second-order valence-corrected chi connectivity index (χ2v) is 9.81. The molecule has 4 rings (SSSR count). The van der Waals surface area contributed by atoms with Gasteiger partial charge in [-0.05, 0) is 69.7 Å². The van der Waals surface area contributed by atoms with Crippen molar-refractivity contribution in [3.05, 3.63) is 92.4 Å². The van der Waals surface area contributed by atoms with Crippen LogP contribution in [0.25, 0.3) is 0 Å². The van der Waals surface area contributed by atoms with E-state index in [1.807, 2.05) is 48.5 Å². The van der Waals surface area contributed by atoms with Crippen molar-refractivity contribution >= 4 is 39.3 Å². The highest BCUT2D eigenvalue weighted by Crippen LogP contribution is 2.42. The molecule has 0 aliphatic heterocycles. The first-order valence-corrected chi connectivity index (χ1v) is 12.1. The third-order valence-corrected chi connectivity index (χ3v) is 7.11. The molecule has 34 heavy (non-hydrogen) atoms. The van der Waals surface area contributed by atoms with Gasteiger partial charge in [-0.1, -0.05) is 48.0 Å². The van der Waals surface area contributed by atoms with Crippen molar-refractivity contribution in [2.75, 3.05) is 13.7 Å². The zero-order chi connectivity index (χ0) is 24.3. The Morgan fingerprint density at radius 1 is 1.03 bits per heavy atom. The fourth-order valence-corrected chi connectivity index (χ4v) is 5.20. The Labute approximate surface area is 211 Å². The van der Waals surface area contributed by atoms with Gasteiger partial charge in [0.25, 0.3) is 0 Å². The number of carboxylic acid groups (broad SMARTS) is 1. The maximum absolute atomic E-state index is 13.4. The normalized spacial score (nSPS) is 13.9. The summed E-state index contributed by atoms with van der Waals surface area (Å²) >= 11 is 9.50. The molecule has 0 radical (unpaired) electrons. The predicted octanol–water partition coefficient (Wildman–Crippen LogP) is 6.18. The summed E-state index contributed by atoms with van der Waals surface area (Å²) in [6.45, 7) is 0.361. The van der Waals surface area contributed by atoms with Crippen LogP contribution in [0.15, 0.2) is 65.1 Å². The highest BCUT2D eigenvalue weighted by Gasteiger charge is 2.45. The largest absolute Gasteiger partial charge is 0.493 e. The van der Waals surface area contributed by atoms with Crippen LogP contribution in [0.4, 0.5) is 0 Å². The van der Waals surface area contributed by atoms with Gasteiger partial charge < -0.3 is 14.6 Å². The molecule has 3 aromatic carbocycles. The molecular weight excluding hydrogens is 520 g/mol. The number of carboxylic acids is 1. The molecule has 7 heteroatoms. The van der Waals surface area contributed by atoms with Gasteiger partial charge in [-0.25, -0.2) is 0 Å². The number of carbonyl (C=O) groups excluding carboxylic acids is 1. The third kappa shape index (κ3) is 5.13. The number of benzene rings is 3. The third-order valence-electron chi connectivity index (χ3n) is 6.22. The molecule has 3 aromatic rings. The standard InChI is InChI=1S/C27H24BrClO5/c1-33-24-13-22(28)21(12-25(24)34-10-9-17-5-4-8-20(29)11-17)23(30)16-27(26(31)32)14-18-6-2-3-7-19(18)15-27/h2-8,11-13H,9-10,14-16H2,1H3,(H,31,32). The van der Waals surface area contributed by atoms with Crippen molar-refractivity contribution in [1.82, 2.24) is 0 Å². The number of fused-ring (bicyclic) bond motifs is 1. The van der Waals surface area contributed by atoms with Gasteiger partial charge in [0.05, 0.1) is 19.1 Å². The van der Waals surface area contributed by atoms with Gasteiger partial charge in [0.1, 0.15) is 0 Å². The lowest BCUT2D eigenvalue weighted by atomic mass is 9.79. The Morgan fingerprint density at radius 3 is 2.35 bits per heavy atom. The number of ketones is 1. The van der Waals surface area contributed by atoms with Crippen molar-refractivity contribution in [3.63, 3.8) is 0 Å². The number of rotatable bonds is 9. The molecule has 0 aromatic heterocycles. The molecule has 0 bridgehead atoms. The molecule has 1 N–H and O–H groups in total. The smallest absolute Gasteiger partial charge is 0.310 e. The van der Waals surface area contributed by atoms with Crippen LogP contribution in [0, 0.1) is 5.41 Å². The summed E-state index contributed by atoms with van der Waals surface area (Å²) in [6.07, 6.45) is 1.19. The number of methoxy groups -OCH3 is 1. The van der Waals surface area contributed by atoms with Crippen molar-refractivity contribution in [1.29, 1.82) is 0 Å². The summed E-state index contributed by atoms with van der Waals surface area (Å²) in [4.78, 5) is 25.7. The number of hydrogen-bond donors (Lipinski definition) is 1. The second kappa shape index (κ2) is 10.2. The lowest BCUT2D eigenvalue weighted by Crippen LogP contribution is -2.34. The monoisotopic (exact) mass is 542 g/mol. The van der Waals surface area contributed by atoms with Gasteiger partial charge >= 0.3 is 5.97 Å². The van der Waals surface area contributed by atoms with E-state index in [1.165, 1.54) is 7.11 Å². The van der Waals surface area contributed by atoms with Gasteiger partial charge in [0, 0.05) is 27.9 Å². The second-order valence-electron chi connectivity index (χ2n) is 8.52. The summed E-state index contributed by atoms with van der Waals surface area (Å²) in [5.41, 5.74) is 2.21. The zero-order valence-corrected chi connectivity index (χ0v) is 21.0. The van der Waals surface area contributed by atoms with E-state index in [0.29, 0.717) is 52.4 Å². The predicted molar refractivity (Wildman–Crippen MR) is 134 cm³/mol. The van der Waals surface area contributed by atoms with E-state index in [1.54, 1.807) is 12.1 Å². The molecule has 0 atom stereocenters. The molecule has 0 saturated heterocycles. The number of ether oxygens (including phenoxy) is 2. The average Bonchev–Trinajstić information content (AvgIpc) is 3.19. The first-order chi connectivity index (χ1) is 16.3. The fourth-order valence-electron chi connectivity index (χ4n) is 4.44. The Bertz CT molecular complexity index is 1210. The van der Waals surface area contributed by atoms with Gasteiger partial charge in [0.15, 0.2) is 17.3 Å². The summed E-state index contributed by atoms with van der Waals surface area (Å²) in [6, 6.07) is 18.5. The van der Waals surface area contributed by atoms with Crippen LogP contribution in [0.1, 0.15) is 33.5 Å². The van der Waals surface area contributed by atoms with Gasteiger partial charge in [-0.3, -0.25) is 9.59 Å². The van der Waals surface area contributed by atoms with E-state index < -0.39 is 11.4 Å². The highest BCUT2D eigenvalue weighted by atomic mass is 79.9. The molecule has 0 spiro atoms. The summed E-state index contributed by atoms with van der Waals surface area (Å²) < 4.78 is 11.9. The first kappa shape index (κ1) is 24.3. The lowest BCUT2D eigenvalue weighted by Gasteiger charge is -2.23. The molecule has 0 fully saturated rings. The summed E-state index contributed by atoms with van der Waals surface area (Å²) in [5.74, 6) is -0.310. The number of Topliss-reactive ketones (excluding diaryl/α,β-unsaturated/α-hetero) is 1. The minimum atomic E-state index is -1.16. The number of carbonyl (C=O) groups is 2. The van der Waals surface area contributed by atoms with Gasteiger partial charge in [0.2, 0.25) is 0 Å². The van der Waals surface area contributed by atoms with Crippen molar-refractivity contribution in [2.24, 2.45) is 5.41 Å². The van der Waals surface area contributed by atoms with Crippen LogP contribution in [0.3, 0.4) is 0 Å². The topological polar surface area (TPSA) is 72.8 Å². The Kier molecular flexibility index (Phi) is 7.29. The molecule has 5 nitrogen and oxygen atoms in total.